The van der Waals surface area contributed by atoms with Gasteiger partial charge in [-0.25, -0.2) is 0 Å². The lowest BCUT2D eigenvalue weighted by Gasteiger charge is -2.07. The summed E-state index contributed by atoms with van der Waals surface area (Å²) in [6, 6.07) is 5.71. The van der Waals surface area contributed by atoms with Crippen LogP contribution in [0.25, 0.3) is 0 Å². The number of rotatable bonds is 6. The molecule has 1 rings (SSSR count). The number of hydrogen-bond acceptors (Lipinski definition) is 3. The molecule has 17 heavy (non-hydrogen) atoms. The second kappa shape index (κ2) is 7.17. The average Bonchev–Trinajstić information content (AvgIpc) is 2.32. The molecule has 94 valence electrons. The fraction of sp³-hybridized carbons (Fsp3) is 0.462. The van der Waals surface area contributed by atoms with Crippen LogP contribution in [0.15, 0.2) is 18.2 Å². The minimum absolute atomic E-state index is 0.179. The highest BCUT2D eigenvalue weighted by atomic mass is 35.5. The second-order valence-corrected chi connectivity index (χ2v) is 4.03. The Balaban J connectivity index is 2.50. The Bertz CT molecular complexity index is 377. The van der Waals surface area contributed by atoms with E-state index in [0.29, 0.717) is 23.8 Å². The van der Waals surface area contributed by atoms with E-state index in [9.17, 15) is 4.79 Å². The van der Waals surface area contributed by atoms with Gasteiger partial charge in [0.05, 0.1) is 18.7 Å². The van der Waals surface area contributed by atoms with Gasteiger partial charge in [-0.1, -0.05) is 17.7 Å². The molecule has 0 atom stereocenters. The van der Waals surface area contributed by atoms with Gasteiger partial charge in [0.25, 0.3) is 0 Å². The summed E-state index contributed by atoms with van der Waals surface area (Å²) in [7, 11) is 1.40. The van der Waals surface area contributed by atoms with E-state index in [1.165, 1.54) is 7.11 Å². The van der Waals surface area contributed by atoms with E-state index in [0.717, 1.165) is 18.4 Å². The first-order valence-corrected chi connectivity index (χ1v) is 6.03. The molecule has 0 N–H and O–H groups in total. The van der Waals surface area contributed by atoms with Gasteiger partial charge in [0.1, 0.15) is 5.75 Å². The van der Waals surface area contributed by atoms with Crippen molar-refractivity contribution in [2.24, 2.45) is 0 Å². The van der Waals surface area contributed by atoms with Gasteiger partial charge in [-0.15, -0.1) is 0 Å². The zero-order valence-electron chi connectivity index (χ0n) is 10.2. The number of aryl methyl sites for hydroxylation is 1. The van der Waals surface area contributed by atoms with Crippen LogP contribution in [0.4, 0.5) is 0 Å². The summed E-state index contributed by atoms with van der Waals surface area (Å²) in [6.07, 6.45) is 2.00. The van der Waals surface area contributed by atoms with Crippen LogP contribution in [0.2, 0.25) is 5.02 Å². The van der Waals surface area contributed by atoms with Crippen LogP contribution >= 0.6 is 11.6 Å². The maximum atomic E-state index is 10.9. The molecule has 0 fully saturated rings. The monoisotopic (exact) mass is 256 g/mol. The molecule has 4 heteroatoms. The van der Waals surface area contributed by atoms with Crippen molar-refractivity contribution in [2.45, 2.75) is 26.2 Å². The minimum Gasteiger partial charge on any atom is -0.492 e. The maximum Gasteiger partial charge on any atom is 0.305 e. The number of hydrogen-bond donors (Lipinski definition) is 0. The number of ether oxygens (including phenoxy) is 2. The molecule has 3 nitrogen and oxygen atoms in total. The van der Waals surface area contributed by atoms with Gasteiger partial charge in [-0.3, -0.25) is 4.79 Å². The predicted octanol–water partition coefficient (Wildman–Crippen LogP) is 3.23. The first-order valence-electron chi connectivity index (χ1n) is 5.65. The fourth-order valence-electron chi connectivity index (χ4n) is 1.51. The highest BCUT2D eigenvalue weighted by Gasteiger charge is 2.04. The minimum atomic E-state index is -0.179. The van der Waals surface area contributed by atoms with E-state index >= 15 is 0 Å². The van der Waals surface area contributed by atoms with Gasteiger partial charge < -0.3 is 9.47 Å². The SMILES string of the molecule is CCOc1ccc(CCCC(=O)OC)cc1Cl. The van der Waals surface area contributed by atoms with E-state index in [1.807, 2.05) is 25.1 Å². The van der Waals surface area contributed by atoms with Crippen LogP contribution < -0.4 is 4.74 Å². The van der Waals surface area contributed by atoms with Crippen molar-refractivity contribution in [1.82, 2.24) is 0 Å². The van der Waals surface area contributed by atoms with Crippen molar-refractivity contribution in [3.05, 3.63) is 28.8 Å². The molecule has 0 aromatic heterocycles. The number of benzene rings is 1. The molecule has 0 bridgehead atoms. The second-order valence-electron chi connectivity index (χ2n) is 3.63. The molecule has 0 amide bonds. The lowest BCUT2D eigenvalue weighted by molar-refractivity contribution is -0.140. The molecule has 0 spiro atoms. The van der Waals surface area contributed by atoms with Gasteiger partial charge in [0, 0.05) is 6.42 Å². The lowest BCUT2D eigenvalue weighted by Crippen LogP contribution is -2.00. The number of esters is 1. The van der Waals surface area contributed by atoms with Gasteiger partial charge in [-0.2, -0.15) is 0 Å². The number of carbonyl (C=O) groups excluding carboxylic acids is 1. The Labute approximate surface area is 107 Å². The molecule has 1 aromatic rings. The van der Waals surface area contributed by atoms with Crippen molar-refractivity contribution in [1.29, 1.82) is 0 Å². The highest BCUT2D eigenvalue weighted by molar-refractivity contribution is 6.32. The third-order valence-corrected chi connectivity index (χ3v) is 2.67. The fourth-order valence-corrected chi connectivity index (χ4v) is 1.77. The van der Waals surface area contributed by atoms with Crippen LogP contribution in [-0.4, -0.2) is 19.7 Å². The summed E-state index contributed by atoms with van der Waals surface area (Å²) in [5, 5.41) is 0.613. The number of carbonyl (C=O) groups is 1. The quantitative estimate of drug-likeness (QED) is 0.733. The summed E-state index contributed by atoms with van der Waals surface area (Å²) in [6.45, 7) is 2.52. The van der Waals surface area contributed by atoms with Gasteiger partial charge in [0.15, 0.2) is 0 Å². The van der Waals surface area contributed by atoms with Crippen LogP contribution in [0.3, 0.4) is 0 Å². The van der Waals surface area contributed by atoms with Crippen molar-refractivity contribution in [3.8, 4) is 5.75 Å². The zero-order chi connectivity index (χ0) is 12.7. The normalized spacial score (nSPS) is 10.1. The Morgan fingerprint density at radius 3 is 2.76 bits per heavy atom. The molecular weight excluding hydrogens is 240 g/mol. The summed E-state index contributed by atoms with van der Waals surface area (Å²) in [5.41, 5.74) is 1.10. The first-order chi connectivity index (χ1) is 8.17. The van der Waals surface area contributed by atoms with Gasteiger partial charge in [-0.05, 0) is 37.5 Å². The average molecular weight is 257 g/mol. The summed E-state index contributed by atoms with van der Waals surface area (Å²) >= 11 is 6.06. The Kier molecular flexibility index (Phi) is 5.84. The van der Waals surface area contributed by atoms with Gasteiger partial charge >= 0.3 is 5.97 Å². The van der Waals surface area contributed by atoms with Crippen molar-refractivity contribution < 1.29 is 14.3 Å². The Morgan fingerprint density at radius 1 is 1.41 bits per heavy atom. The molecule has 0 radical (unpaired) electrons. The van der Waals surface area contributed by atoms with E-state index in [1.54, 1.807) is 0 Å². The maximum absolute atomic E-state index is 10.9. The summed E-state index contributed by atoms with van der Waals surface area (Å²) in [5.74, 6) is 0.521. The molecule has 0 aliphatic rings. The van der Waals surface area contributed by atoms with E-state index in [-0.39, 0.29) is 5.97 Å². The molecule has 0 saturated heterocycles. The third-order valence-electron chi connectivity index (χ3n) is 2.37. The van der Waals surface area contributed by atoms with E-state index in [2.05, 4.69) is 4.74 Å². The predicted molar refractivity (Wildman–Crippen MR) is 67.6 cm³/mol. The molecule has 0 aliphatic heterocycles. The molecule has 0 heterocycles. The van der Waals surface area contributed by atoms with E-state index < -0.39 is 0 Å². The third kappa shape index (κ3) is 4.65. The summed E-state index contributed by atoms with van der Waals surface area (Å²) < 4.78 is 9.92. The van der Waals surface area contributed by atoms with Gasteiger partial charge in [0.2, 0.25) is 0 Å². The van der Waals surface area contributed by atoms with Crippen LogP contribution in [-0.2, 0) is 16.0 Å². The standard InChI is InChI=1S/C13H17ClO3/c1-3-17-12-8-7-10(9-11(12)14)5-4-6-13(15)16-2/h7-9H,3-6H2,1-2H3. The largest absolute Gasteiger partial charge is 0.492 e. The lowest BCUT2D eigenvalue weighted by atomic mass is 10.1. The molecule has 0 aliphatic carbocycles. The molecule has 0 saturated carbocycles. The Morgan fingerprint density at radius 2 is 2.18 bits per heavy atom. The first kappa shape index (κ1) is 13.8. The highest BCUT2D eigenvalue weighted by Crippen LogP contribution is 2.26. The number of halogens is 1. The van der Waals surface area contributed by atoms with Crippen molar-refractivity contribution >= 4 is 17.6 Å². The van der Waals surface area contributed by atoms with Crippen molar-refractivity contribution in [3.63, 3.8) is 0 Å². The smallest absolute Gasteiger partial charge is 0.305 e. The number of methoxy groups -OCH3 is 1. The van der Waals surface area contributed by atoms with Crippen LogP contribution in [0.5, 0.6) is 5.75 Å². The topological polar surface area (TPSA) is 35.5 Å². The van der Waals surface area contributed by atoms with Crippen LogP contribution in [0.1, 0.15) is 25.3 Å². The summed E-state index contributed by atoms with van der Waals surface area (Å²) in [4.78, 5) is 10.9. The molecule has 0 unspecified atom stereocenters. The molecular formula is C13H17ClO3. The molecule has 1 aromatic carbocycles. The van der Waals surface area contributed by atoms with E-state index in [4.69, 9.17) is 16.3 Å². The Hall–Kier alpha value is -1.22. The van der Waals surface area contributed by atoms with Crippen LogP contribution in [0, 0.1) is 0 Å². The van der Waals surface area contributed by atoms with Crippen molar-refractivity contribution in [2.75, 3.05) is 13.7 Å². The zero-order valence-corrected chi connectivity index (χ0v) is 10.9.